The van der Waals surface area contributed by atoms with Gasteiger partial charge in [0.05, 0.1) is 11.6 Å². The molecule has 4 rings (SSSR count). The van der Waals surface area contributed by atoms with E-state index in [1.54, 1.807) is 17.3 Å². The molecule has 1 aliphatic heterocycles. The molecule has 8 heteroatoms. The van der Waals surface area contributed by atoms with Crippen LogP contribution in [0.25, 0.3) is 10.6 Å². The van der Waals surface area contributed by atoms with Crippen LogP contribution in [0.2, 0.25) is 0 Å². The van der Waals surface area contributed by atoms with Gasteiger partial charge in [0.1, 0.15) is 9.88 Å². The molecule has 0 radical (unpaired) electrons. The summed E-state index contributed by atoms with van der Waals surface area (Å²) in [6.07, 6.45) is 5.05. The van der Waals surface area contributed by atoms with Crippen molar-refractivity contribution in [2.45, 2.75) is 33.6 Å². The van der Waals surface area contributed by atoms with Crippen LogP contribution in [0.15, 0.2) is 48.8 Å². The number of rotatable bonds is 7. The SMILES string of the molecule is CCN(CC)c1ccc(NC(=O)C2CCCN(C(=O)c3sc(-c4cccnc4)nc3C)C2)cc1. The first-order valence-electron chi connectivity index (χ1n) is 11.8. The number of anilines is 2. The first-order chi connectivity index (χ1) is 16.5. The number of aromatic nitrogens is 2. The summed E-state index contributed by atoms with van der Waals surface area (Å²) in [6, 6.07) is 11.8. The number of benzene rings is 1. The maximum absolute atomic E-state index is 13.3. The number of piperidine rings is 1. The zero-order chi connectivity index (χ0) is 24.1. The Labute approximate surface area is 204 Å². The predicted octanol–water partition coefficient (Wildman–Crippen LogP) is 4.85. The van der Waals surface area contributed by atoms with Crippen LogP contribution >= 0.6 is 11.3 Å². The topological polar surface area (TPSA) is 78.4 Å². The summed E-state index contributed by atoms with van der Waals surface area (Å²) in [4.78, 5) is 39.7. The number of hydrogen-bond acceptors (Lipinski definition) is 6. The molecular formula is C26H31N5O2S. The molecule has 7 nitrogen and oxygen atoms in total. The molecular weight excluding hydrogens is 446 g/mol. The second kappa shape index (κ2) is 10.8. The first kappa shape index (κ1) is 23.9. The molecule has 2 aromatic heterocycles. The minimum atomic E-state index is -0.230. The van der Waals surface area contributed by atoms with E-state index in [4.69, 9.17) is 0 Å². The Hall–Kier alpha value is -3.26. The van der Waals surface area contributed by atoms with Gasteiger partial charge in [-0.15, -0.1) is 11.3 Å². The molecule has 1 aliphatic rings. The van der Waals surface area contributed by atoms with E-state index in [9.17, 15) is 9.59 Å². The minimum absolute atomic E-state index is 0.0369. The molecule has 1 atom stereocenters. The molecule has 3 heterocycles. The number of carbonyl (C=O) groups excluding carboxylic acids is 2. The zero-order valence-corrected chi connectivity index (χ0v) is 20.8. The number of hydrogen-bond donors (Lipinski definition) is 1. The van der Waals surface area contributed by atoms with Gasteiger partial charge in [-0.1, -0.05) is 0 Å². The first-order valence-corrected chi connectivity index (χ1v) is 12.6. The fourth-order valence-electron chi connectivity index (χ4n) is 4.32. The number of pyridine rings is 1. The van der Waals surface area contributed by atoms with Crippen molar-refractivity contribution in [3.05, 3.63) is 59.4 Å². The zero-order valence-electron chi connectivity index (χ0n) is 20.0. The molecule has 1 fully saturated rings. The highest BCUT2D eigenvalue weighted by Gasteiger charge is 2.31. The van der Waals surface area contributed by atoms with Gasteiger partial charge >= 0.3 is 0 Å². The van der Waals surface area contributed by atoms with Crippen LogP contribution in [0.5, 0.6) is 0 Å². The highest BCUT2D eigenvalue weighted by Crippen LogP contribution is 2.30. The Morgan fingerprint density at radius 2 is 1.94 bits per heavy atom. The van der Waals surface area contributed by atoms with Gasteiger partial charge in [-0.25, -0.2) is 4.98 Å². The Bertz CT molecular complexity index is 1130. The van der Waals surface area contributed by atoms with Gasteiger partial charge in [-0.05, 0) is 70.0 Å². The third kappa shape index (κ3) is 5.28. The smallest absolute Gasteiger partial charge is 0.265 e. The molecule has 2 amide bonds. The molecule has 0 saturated carbocycles. The predicted molar refractivity (Wildman–Crippen MR) is 137 cm³/mol. The van der Waals surface area contributed by atoms with Crippen LogP contribution in [0.4, 0.5) is 11.4 Å². The summed E-state index contributed by atoms with van der Waals surface area (Å²) in [5.74, 6) is -0.317. The van der Waals surface area contributed by atoms with E-state index >= 15 is 0 Å². The lowest BCUT2D eigenvalue weighted by Gasteiger charge is -2.32. The molecule has 0 spiro atoms. The highest BCUT2D eigenvalue weighted by molar-refractivity contribution is 7.17. The van der Waals surface area contributed by atoms with E-state index in [0.29, 0.717) is 23.7 Å². The summed E-state index contributed by atoms with van der Waals surface area (Å²) >= 11 is 1.39. The van der Waals surface area contributed by atoms with Crippen LogP contribution < -0.4 is 10.2 Å². The highest BCUT2D eigenvalue weighted by atomic mass is 32.1. The van der Waals surface area contributed by atoms with Crippen LogP contribution in [0.3, 0.4) is 0 Å². The summed E-state index contributed by atoms with van der Waals surface area (Å²) < 4.78 is 0. The van der Waals surface area contributed by atoms with Gasteiger partial charge in [-0.2, -0.15) is 0 Å². The van der Waals surface area contributed by atoms with Crippen molar-refractivity contribution >= 4 is 34.5 Å². The van der Waals surface area contributed by atoms with E-state index in [1.165, 1.54) is 11.3 Å². The maximum Gasteiger partial charge on any atom is 0.265 e. The molecule has 34 heavy (non-hydrogen) atoms. The van der Waals surface area contributed by atoms with E-state index in [1.807, 2.05) is 43.3 Å². The third-order valence-corrected chi connectivity index (χ3v) is 7.44. The van der Waals surface area contributed by atoms with Crippen LogP contribution in [-0.2, 0) is 4.79 Å². The van der Waals surface area contributed by atoms with Crippen LogP contribution in [0, 0.1) is 12.8 Å². The summed E-state index contributed by atoms with van der Waals surface area (Å²) in [5.41, 5.74) is 3.54. The van der Waals surface area contributed by atoms with Gasteiger partial charge in [-0.3, -0.25) is 14.6 Å². The molecule has 178 valence electrons. The van der Waals surface area contributed by atoms with Gasteiger partial charge in [0, 0.05) is 55.5 Å². The van der Waals surface area contributed by atoms with Crippen molar-refractivity contribution in [1.29, 1.82) is 0 Å². The number of thiazole rings is 1. The number of likely N-dealkylation sites (tertiary alicyclic amines) is 1. The molecule has 3 aromatic rings. The van der Waals surface area contributed by atoms with Crippen LogP contribution in [0.1, 0.15) is 42.1 Å². The second-order valence-electron chi connectivity index (χ2n) is 8.47. The standard InChI is InChI=1S/C26H31N5O2S/c1-4-30(5-2)22-12-10-21(11-13-22)29-24(32)20-9-7-15-31(17-20)26(33)23-18(3)28-25(34-23)19-8-6-14-27-16-19/h6,8,10-14,16,20H,4-5,7,9,15,17H2,1-3H3,(H,29,32). The fourth-order valence-corrected chi connectivity index (χ4v) is 5.34. The van der Waals surface area contributed by atoms with Crippen molar-refractivity contribution in [1.82, 2.24) is 14.9 Å². The van der Waals surface area contributed by atoms with E-state index in [0.717, 1.165) is 47.9 Å². The van der Waals surface area contributed by atoms with E-state index in [2.05, 4.69) is 34.0 Å². The van der Waals surface area contributed by atoms with Crippen molar-refractivity contribution < 1.29 is 9.59 Å². The van der Waals surface area contributed by atoms with Gasteiger partial charge in [0.25, 0.3) is 5.91 Å². The number of aryl methyl sites for hydroxylation is 1. The monoisotopic (exact) mass is 477 g/mol. The summed E-state index contributed by atoms with van der Waals surface area (Å²) in [7, 11) is 0. The third-order valence-electron chi connectivity index (χ3n) is 6.24. The van der Waals surface area contributed by atoms with Gasteiger partial charge in [0.15, 0.2) is 0 Å². The number of amides is 2. The van der Waals surface area contributed by atoms with Crippen molar-refractivity contribution in [3.8, 4) is 10.6 Å². The Kier molecular flexibility index (Phi) is 7.57. The molecule has 0 bridgehead atoms. The molecule has 0 aliphatic carbocycles. The lowest BCUT2D eigenvalue weighted by molar-refractivity contribution is -0.121. The Balaban J connectivity index is 1.41. The molecule has 1 unspecified atom stereocenters. The Morgan fingerprint density at radius 1 is 1.18 bits per heavy atom. The van der Waals surface area contributed by atoms with Crippen molar-refractivity contribution in [3.63, 3.8) is 0 Å². The molecule has 1 N–H and O–H groups in total. The summed E-state index contributed by atoms with van der Waals surface area (Å²) in [6.45, 7) is 9.07. The summed E-state index contributed by atoms with van der Waals surface area (Å²) in [5, 5.41) is 3.82. The largest absolute Gasteiger partial charge is 0.372 e. The lowest BCUT2D eigenvalue weighted by atomic mass is 9.96. The molecule has 1 aromatic carbocycles. The molecule has 1 saturated heterocycles. The fraction of sp³-hybridized carbons (Fsp3) is 0.385. The van der Waals surface area contributed by atoms with E-state index in [-0.39, 0.29) is 17.7 Å². The van der Waals surface area contributed by atoms with Gasteiger partial charge < -0.3 is 15.1 Å². The normalized spacial score (nSPS) is 15.7. The van der Waals surface area contributed by atoms with E-state index < -0.39 is 0 Å². The quantitative estimate of drug-likeness (QED) is 0.526. The average Bonchev–Trinajstić information content (AvgIpc) is 3.27. The van der Waals surface area contributed by atoms with Crippen LogP contribution in [-0.4, -0.2) is 52.9 Å². The second-order valence-corrected chi connectivity index (χ2v) is 9.47. The van der Waals surface area contributed by atoms with Gasteiger partial charge in [0.2, 0.25) is 5.91 Å². The van der Waals surface area contributed by atoms with Crippen molar-refractivity contribution in [2.24, 2.45) is 5.92 Å². The number of nitrogens with one attached hydrogen (secondary N) is 1. The number of carbonyl (C=O) groups is 2. The Morgan fingerprint density at radius 3 is 2.62 bits per heavy atom. The van der Waals surface area contributed by atoms with Crippen molar-refractivity contribution in [2.75, 3.05) is 36.4 Å². The maximum atomic E-state index is 13.3. The minimum Gasteiger partial charge on any atom is -0.372 e. The lowest BCUT2D eigenvalue weighted by Crippen LogP contribution is -2.43. The average molecular weight is 478 g/mol. The number of nitrogens with zero attached hydrogens (tertiary/aromatic N) is 4.